The van der Waals surface area contributed by atoms with Crippen LogP contribution in [0.15, 0.2) is 30.3 Å². The smallest absolute Gasteiger partial charge is 0.329 e. The zero-order valence-corrected chi connectivity index (χ0v) is 11.3. The summed E-state index contributed by atoms with van der Waals surface area (Å²) in [5.41, 5.74) is 0.157. The van der Waals surface area contributed by atoms with Crippen molar-refractivity contribution in [3.05, 3.63) is 35.9 Å². The Bertz CT molecular complexity index is 520. The number of hydrogen-bond donors (Lipinski definition) is 2. The van der Waals surface area contributed by atoms with Gasteiger partial charge in [0.15, 0.2) is 0 Å². The number of carboxylic acid groups (broad SMARTS) is 1. The molecule has 1 amide bonds. The van der Waals surface area contributed by atoms with Crippen LogP contribution in [0.2, 0.25) is 0 Å². The Balaban J connectivity index is 1.65. The van der Waals surface area contributed by atoms with E-state index in [0.717, 1.165) is 19.3 Å². The SMILES string of the molecule is O=C(NC1(C(=O)O)CCCC1)C1CC1c1ccccc1. The maximum absolute atomic E-state index is 12.3. The minimum atomic E-state index is -1.01. The molecule has 20 heavy (non-hydrogen) atoms. The zero-order chi connectivity index (χ0) is 14.2. The van der Waals surface area contributed by atoms with Gasteiger partial charge in [0.05, 0.1) is 0 Å². The monoisotopic (exact) mass is 273 g/mol. The first-order valence-corrected chi connectivity index (χ1v) is 7.23. The molecule has 0 aliphatic heterocycles. The van der Waals surface area contributed by atoms with Crippen LogP contribution in [0.3, 0.4) is 0 Å². The van der Waals surface area contributed by atoms with Crippen molar-refractivity contribution in [2.75, 3.05) is 0 Å². The molecule has 106 valence electrons. The molecule has 0 spiro atoms. The molecule has 2 aliphatic rings. The molecule has 2 N–H and O–H groups in total. The van der Waals surface area contributed by atoms with Gasteiger partial charge in [-0.25, -0.2) is 4.79 Å². The summed E-state index contributed by atoms with van der Waals surface area (Å²) in [6.45, 7) is 0. The van der Waals surface area contributed by atoms with E-state index < -0.39 is 11.5 Å². The van der Waals surface area contributed by atoms with Crippen LogP contribution in [-0.2, 0) is 9.59 Å². The molecule has 0 saturated heterocycles. The standard InChI is InChI=1S/C16H19NO3/c18-14(17-16(15(19)20)8-4-5-9-16)13-10-12(13)11-6-2-1-3-7-11/h1-3,6-7,12-13H,4-5,8-10H2,(H,17,18)(H,19,20). The van der Waals surface area contributed by atoms with Gasteiger partial charge in [-0.15, -0.1) is 0 Å². The number of rotatable bonds is 4. The summed E-state index contributed by atoms with van der Waals surface area (Å²) in [5, 5.41) is 12.2. The van der Waals surface area contributed by atoms with Crippen molar-refractivity contribution in [2.45, 2.75) is 43.6 Å². The Morgan fingerprint density at radius 1 is 1.15 bits per heavy atom. The number of carbonyl (C=O) groups is 2. The Hall–Kier alpha value is -1.84. The maximum Gasteiger partial charge on any atom is 0.329 e. The van der Waals surface area contributed by atoms with Crippen molar-refractivity contribution >= 4 is 11.9 Å². The third kappa shape index (κ3) is 2.30. The summed E-state index contributed by atoms with van der Waals surface area (Å²) in [7, 11) is 0. The summed E-state index contributed by atoms with van der Waals surface area (Å²) in [6.07, 6.45) is 3.68. The van der Waals surface area contributed by atoms with Crippen molar-refractivity contribution in [3.8, 4) is 0 Å². The van der Waals surface area contributed by atoms with E-state index in [1.165, 1.54) is 5.56 Å². The van der Waals surface area contributed by atoms with Crippen molar-refractivity contribution in [2.24, 2.45) is 5.92 Å². The molecule has 0 aromatic heterocycles. The fourth-order valence-corrected chi connectivity index (χ4v) is 3.25. The number of aliphatic carboxylic acids is 1. The second kappa shape index (κ2) is 4.93. The maximum atomic E-state index is 12.3. The Labute approximate surface area is 118 Å². The van der Waals surface area contributed by atoms with Crippen LogP contribution >= 0.6 is 0 Å². The van der Waals surface area contributed by atoms with E-state index in [9.17, 15) is 14.7 Å². The molecule has 1 aromatic rings. The predicted octanol–water partition coefficient (Wildman–Crippen LogP) is 2.30. The highest BCUT2D eigenvalue weighted by Gasteiger charge is 2.49. The lowest BCUT2D eigenvalue weighted by Gasteiger charge is -2.25. The third-order valence-corrected chi connectivity index (χ3v) is 4.58. The summed E-state index contributed by atoms with van der Waals surface area (Å²) in [5.74, 6) is -0.791. The van der Waals surface area contributed by atoms with Gasteiger partial charge in [-0.05, 0) is 30.7 Å². The van der Waals surface area contributed by atoms with Gasteiger partial charge in [0.25, 0.3) is 0 Å². The van der Waals surface area contributed by atoms with Gasteiger partial charge in [-0.3, -0.25) is 4.79 Å². The summed E-state index contributed by atoms with van der Waals surface area (Å²) in [4.78, 5) is 23.7. The van der Waals surface area contributed by atoms with Crippen LogP contribution < -0.4 is 5.32 Å². The van der Waals surface area contributed by atoms with Gasteiger partial charge in [-0.1, -0.05) is 43.2 Å². The molecule has 2 unspecified atom stereocenters. The van der Waals surface area contributed by atoms with E-state index in [1.54, 1.807) is 0 Å². The second-order valence-electron chi connectivity index (χ2n) is 5.94. The van der Waals surface area contributed by atoms with Gasteiger partial charge in [-0.2, -0.15) is 0 Å². The zero-order valence-electron chi connectivity index (χ0n) is 11.3. The molecule has 0 heterocycles. The van der Waals surface area contributed by atoms with Crippen LogP contribution in [0.25, 0.3) is 0 Å². The van der Waals surface area contributed by atoms with Crippen LogP contribution in [0.1, 0.15) is 43.6 Å². The minimum absolute atomic E-state index is 0.0609. The number of benzene rings is 1. The summed E-state index contributed by atoms with van der Waals surface area (Å²) < 4.78 is 0. The van der Waals surface area contributed by atoms with Crippen molar-refractivity contribution in [3.63, 3.8) is 0 Å². The van der Waals surface area contributed by atoms with Crippen LogP contribution in [0, 0.1) is 5.92 Å². The average Bonchev–Trinajstić information content (AvgIpc) is 3.12. The number of carbonyl (C=O) groups excluding carboxylic acids is 1. The highest BCUT2D eigenvalue weighted by molar-refractivity contribution is 5.90. The van der Waals surface area contributed by atoms with E-state index in [4.69, 9.17) is 0 Å². The molecule has 2 atom stereocenters. The minimum Gasteiger partial charge on any atom is -0.480 e. The number of hydrogen-bond acceptors (Lipinski definition) is 2. The van der Waals surface area contributed by atoms with Crippen LogP contribution in [-0.4, -0.2) is 22.5 Å². The van der Waals surface area contributed by atoms with Crippen molar-refractivity contribution in [1.29, 1.82) is 0 Å². The Morgan fingerprint density at radius 3 is 2.40 bits per heavy atom. The molecule has 1 aromatic carbocycles. The van der Waals surface area contributed by atoms with E-state index in [-0.39, 0.29) is 17.7 Å². The van der Waals surface area contributed by atoms with Crippen molar-refractivity contribution < 1.29 is 14.7 Å². The lowest BCUT2D eigenvalue weighted by atomic mass is 9.97. The highest BCUT2D eigenvalue weighted by Crippen LogP contribution is 2.48. The molecule has 3 rings (SSSR count). The van der Waals surface area contributed by atoms with Gasteiger partial charge >= 0.3 is 5.97 Å². The molecule has 2 fully saturated rings. The topological polar surface area (TPSA) is 66.4 Å². The molecule has 0 bridgehead atoms. The molecule has 2 saturated carbocycles. The van der Waals surface area contributed by atoms with E-state index in [0.29, 0.717) is 12.8 Å². The fraction of sp³-hybridized carbons (Fsp3) is 0.500. The molecular formula is C16H19NO3. The first-order chi connectivity index (χ1) is 9.62. The molecule has 4 nitrogen and oxygen atoms in total. The number of nitrogens with one attached hydrogen (secondary N) is 1. The summed E-state index contributed by atoms with van der Waals surface area (Å²) in [6, 6.07) is 9.95. The number of carboxylic acids is 1. The van der Waals surface area contributed by atoms with Crippen LogP contribution in [0.5, 0.6) is 0 Å². The van der Waals surface area contributed by atoms with E-state index in [1.807, 2.05) is 30.3 Å². The van der Waals surface area contributed by atoms with Crippen molar-refractivity contribution in [1.82, 2.24) is 5.32 Å². The van der Waals surface area contributed by atoms with Crippen LogP contribution in [0.4, 0.5) is 0 Å². The second-order valence-corrected chi connectivity index (χ2v) is 5.94. The normalized spacial score (nSPS) is 27.0. The van der Waals surface area contributed by atoms with E-state index >= 15 is 0 Å². The van der Waals surface area contributed by atoms with Gasteiger partial charge in [0, 0.05) is 5.92 Å². The number of amides is 1. The Kier molecular flexibility index (Phi) is 3.24. The van der Waals surface area contributed by atoms with E-state index in [2.05, 4.69) is 5.32 Å². The quantitative estimate of drug-likeness (QED) is 0.884. The first-order valence-electron chi connectivity index (χ1n) is 7.23. The van der Waals surface area contributed by atoms with Gasteiger partial charge in [0.2, 0.25) is 5.91 Å². The lowest BCUT2D eigenvalue weighted by molar-refractivity contribution is -0.147. The molecule has 0 radical (unpaired) electrons. The van der Waals surface area contributed by atoms with Gasteiger partial charge in [0.1, 0.15) is 5.54 Å². The molecule has 2 aliphatic carbocycles. The molecule has 4 heteroatoms. The highest BCUT2D eigenvalue weighted by atomic mass is 16.4. The Morgan fingerprint density at radius 2 is 1.80 bits per heavy atom. The average molecular weight is 273 g/mol. The largest absolute Gasteiger partial charge is 0.480 e. The predicted molar refractivity (Wildman–Crippen MR) is 74.3 cm³/mol. The summed E-state index contributed by atoms with van der Waals surface area (Å²) >= 11 is 0. The first kappa shape index (κ1) is 13.2. The molecular weight excluding hydrogens is 254 g/mol. The van der Waals surface area contributed by atoms with Gasteiger partial charge < -0.3 is 10.4 Å². The lowest BCUT2D eigenvalue weighted by Crippen LogP contribution is -2.53. The third-order valence-electron chi connectivity index (χ3n) is 4.58. The fourth-order valence-electron chi connectivity index (χ4n) is 3.25.